The largest absolute Gasteiger partial charge is 0.497 e. The topological polar surface area (TPSA) is 119 Å². The van der Waals surface area contributed by atoms with Gasteiger partial charge in [-0.15, -0.1) is 0 Å². The van der Waals surface area contributed by atoms with Crippen LogP contribution in [0.5, 0.6) is 5.75 Å². The van der Waals surface area contributed by atoms with Crippen LogP contribution in [0, 0.1) is 0 Å². The fourth-order valence-electron chi connectivity index (χ4n) is 4.37. The highest BCUT2D eigenvalue weighted by Crippen LogP contribution is 2.44. The Morgan fingerprint density at radius 2 is 1.94 bits per heavy atom. The first-order valence-corrected chi connectivity index (χ1v) is 12.7. The average molecular weight is 516 g/mol. The molecule has 2 aliphatic rings. The molecule has 0 radical (unpaired) electrons. The summed E-state index contributed by atoms with van der Waals surface area (Å²) in [7, 11) is 1.65. The number of hydrogen-bond acceptors (Lipinski definition) is 10. The van der Waals surface area contributed by atoms with Gasteiger partial charge >= 0.3 is 6.09 Å². The summed E-state index contributed by atoms with van der Waals surface area (Å²) in [5.74, 6) is 0.738. The molecule has 0 saturated carbocycles. The van der Waals surface area contributed by atoms with Crippen molar-refractivity contribution >= 4 is 29.0 Å². The SMILES string of the molecule is CCNC(=O)OCC1OC(n2cnc3c(SCc4ccc(OC)cc4)ncnc32)C2OC(C)(C)OC12. The summed E-state index contributed by atoms with van der Waals surface area (Å²) < 4.78 is 31.0. The van der Waals surface area contributed by atoms with Crippen LogP contribution in [0.1, 0.15) is 32.6 Å². The molecule has 1 N–H and O–H groups in total. The molecular formula is C24H29N5O6S. The van der Waals surface area contributed by atoms with Crippen molar-refractivity contribution in [3.63, 3.8) is 0 Å². The lowest BCUT2D eigenvalue weighted by molar-refractivity contribution is -0.199. The van der Waals surface area contributed by atoms with Crippen LogP contribution in [0.15, 0.2) is 41.9 Å². The standard InChI is InChI=1S/C24H29N5O6S/c1-5-25-23(30)32-10-16-18-19(35-24(2,3)34-18)22(33-16)29-13-28-17-20(29)26-12-27-21(17)36-11-14-6-8-15(31-4)9-7-14/h6-9,12-13,16,18-19,22H,5,10-11H2,1-4H3,(H,25,30). The number of fused-ring (bicyclic) bond motifs is 2. The van der Waals surface area contributed by atoms with Crippen molar-refractivity contribution in [2.24, 2.45) is 0 Å². The Morgan fingerprint density at radius 3 is 2.69 bits per heavy atom. The fourth-order valence-corrected chi connectivity index (χ4v) is 5.26. The van der Waals surface area contributed by atoms with E-state index in [-0.39, 0.29) is 6.61 Å². The molecule has 2 fully saturated rings. The number of hydrogen-bond donors (Lipinski definition) is 1. The third kappa shape index (κ3) is 4.99. The van der Waals surface area contributed by atoms with Gasteiger partial charge in [-0.2, -0.15) is 0 Å². The molecular weight excluding hydrogens is 486 g/mol. The Kier molecular flexibility index (Phi) is 7.02. The van der Waals surface area contributed by atoms with Crippen molar-refractivity contribution in [1.82, 2.24) is 24.8 Å². The van der Waals surface area contributed by atoms with Gasteiger partial charge in [-0.05, 0) is 38.5 Å². The van der Waals surface area contributed by atoms with E-state index in [0.29, 0.717) is 17.7 Å². The van der Waals surface area contributed by atoms with Crippen LogP contribution >= 0.6 is 11.8 Å². The summed E-state index contributed by atoms with van der Waals surface area (Å²) in [5, 5.41) is 3.38. The predicted molar refractivity (Wildman–Crippen MR) is 131 cm³/mol. The van der Waals surface area contributed by atoms with Gasteiger partial charge < -0.3 is 29.0 Å². The molecule has 4 atom stereocenters. The molecule has 0 spiro atoms. The summed E-state index contributed by atoms with van der Waals surface area (Å²) in [6, 6.07) is 7.92. The number of ether oxygens (including phenoxy) is 5. The van der Waals surface area contributed by atoms with E-state index in [1.807, 2.05) is 49.6 Å². The van der Waals surface area contributed by atoms with E-state index in [9.17, 15) is 4.79 Å². The number of imidazole rings is 1. The van der Waals surface area contributed by atoms with Gasteiger partial charge in [0.1, 0.15) is 47.5 Å². The van der Waals surface area contributed by atoms with E-state index in [0.717, 1.165) is 22.1 Å². The van der Waals surface area contributed by atoms with Gasteiger partial charge in [0.25, 0.3) is 0 Å². The fraction of sp³-hybridized carbons (Fsp3) is 0.500. The zero-order valence-corrected chi connectivity index (χ0v) is 21.4. The van der Waals surface area contributed by atoms with E-state index >= 15 is 0 Å². The number of carbonyl (C=O) groups excluding carboxylic acids is 1. The van der Waals surface area contributed by atoms with E-state index < -0.39 is 36.4 Å². The first-order valence-electron chi connectivity index (χ1n) is 11.7. The molecule has 192 valence electrons. The second kappa shape index (κ2) is 10.2. The van der Waals surface area contributed by atoms with Gasteiger partial charge in [-0.1, -0.05) is 23.9 Å². The van der Waals surface area contributed by atoms with Crippen LogP contribution in [0.3, 0.4) is 0 Å². The molecule has 4 heterocycles. The van der Waals surface area contributed by atoms with Gasteiger partial charge in [-0.25, -0.2) is 19.7 Å². The molecule has 2 aromatic heterocycles. The van der Waals surface area contributed by atoms with Gasteiger partial charge in [0.05, 0.1) is 13.4 Å². The highest BCUT2D eigenvalue weighted by atomic mass is 32.2. The third-order valence-corrected chi connectivity index (χ3v) is 7.01. The lowest BCUT2D eigenvalue weighted by atomic mass is 10.1. The monoisotopic (exact) mass is 515 g/mol. The molecule has 36 heavy (non-hydrogen) atoms. The number of rotatable bonds is 8. The highest BCUT2D eigenvalue weighted by molar-refractivity contribution is 7.98. The average Bonchev–Trinajstić information content (AvgIpc) is 3.53. The van der Waals surface area contributed by atoms with Crippen molar-refractivity contribution in [3.05, 3.63) is 42.5 Å². The number of methoxy groups -OCH3 is 1. The van der Waals surface area contributed by atoms with Crippen LogP contribution in [-0.2, 0) is 24.7 Å². The summed E-state index contributed by atoms with van der Waals surface area (Å²) >= 11 is 1.58. The van der Waals surface area contributed by atoms with Crippen LogP contribution in [-0.4, -0.2) is 70.0 Å². The number of nitrogens with zero attached hydrogens (tertiary/aromatic N) is 4. The second-order valence-corrected chi connectivity index (χ2v) is 9.86. The number of amides is 1. The minimum absolute atomic E-state index is 0.0352. The number of alkyl carbamates (subject to hydrolysis) is 1. The predicted octanol–water partition coefficient (Wildman–Crippen LogP) is 3.29. The molecule has 5 rings (SSSR count). The Labute approximate surface area is 212 Å². The minimum atomic E-state index is -0.800. The molecule has 1 aromatic carbocycles. The molecule has 3 aromatic rings. The summed E-state index contributed by atoms with van der Waals surface area (Å²) in [6.45, 7) is 6.04. The van der Waals surface area contributed by atoms with Crippen molar-refractivity contribution in [3.8, 4) is 5.75 Å². The molecule has 4 unspecified atom stereocenters. The zero-order valence-electron chi connectivity index (χ0n) is 20.5. The second-order valence-electron chi connectivity index (χ2n) is 8.90. The van der Waals surface area contributed by atoms with Crippen molar-refractivity contribution in [2.45, 2.75) is 61.9 Å². The van der Waals surface area contributed by atoms with Crippen molar-refractivity contribution in [1.29, 1.82) is 0 Å². The quantitative estimate of drug-likeness (QED) is 0.354. The van der Waals surface area contributed by atoms with E-state index in [1.165, 1.54) is 6.33 Å². The Morgan fingerprint density at radius 1 is 1.17 bits per heavy atom. The van der Waals surface area contributed by atoms with Gasteiger partial charge in [-0.3, -0.25) is 4.57 Å². The Bertz CT molecular complexity index is 1220. The van der Waals surface area contributed by atoms with Gasteiger partial charge in [0, 0.05) is 12.3 Å². The number of thioether (sulfide) groups is 1. The van der Waals surface area contributed by atoms with Crippen LogP contribution in [0.4, 0.5) is 4.79 Å². The number of nitrogens with one attached hydrogen (secondary N) is 1. The van der Waals surface area contributed by atoms with Crippen LogP contribution < -0.4 is 10.1 Å². The highest BCUT2D eigenvalue weighted by Gasteiger charge is 2.56. The molecule has 11 nitrogen and oxygen atoms in total. The van der Waals surface area contributed by atoms with Crippen LogP contribution in [0.2, 0.25) is 0 Å². The lowest BCUT2D eigenvalue weighted by Crippen LogP contribution is -2.35. The van der Waals surface area contributed by atoms with E-state index in [4.69, 9.17) is 23.7 Å². The maximum absolute atomic E-state index is 11.8. The van der Waals surface area contributed by atoms with E-state index in [1.54, 1.807) is 25.2 Å². The molecule has 0 aliphatic carbocycles. The normalized spacial score (nSPS) is 24.6. The molecule has 2 aliphatic heterocycles. The minimum Gasteiger partial charge on any atom is -0.497 e. The maximum Gasteiger partial charge on any atom is 0.407 e. The summed E-state index contributed by atoms with van der Waals surface area (Å²) in [6.07, 6.45) is 0.799. The smallest absolute Gasteiger partial charge is 0.407 e. The molecule has 2 saturated heterocycles. The summed E-state index contributed by atoms with van der Waals surface area (Å²) in [5.41, 5.74) is 2.45. The zero-order chi connectivity index (χ0) is 25.3. The van der Waals surface area contributed by atoms with E-state index in [2.05, 4.69) is 20.3 Å². The number of carbonyl (C=O) groups is 1. The maximum atomic E-state index is 11.8. The van der Waals surface area contributed by atoms with Gasteiger partial charge in [0.15, 0.2) is 17.7 Å². The molecule has 12 heteroatoms. The first kappa shape index (κ1) is 24.8. The number of aromatic nitrogens is 4. The third-order valence-electron chi connectivity index (χ3n) is 5.96. The van der Waals surface area contributed by atoms with Crippen LogP contribution in [0.25, 0.3) is 11.2 Å². The lowest BCUT2D eigenvalue weighted by Gasteiger charge is -2.24. The Balaban J connectivity index is 1.36. The van der Waals surface area contributed by atoms with Gasteiger partial charge in [0.2, 0.25) is 0 Å². The molecule has 0 bridgehead atoms. The summed E-state index contributed by atoms with van der Waals surface area (Å²) in [4.78, 5) is 25.4. The Hall–Kier alpha value is -2.93. The molecule has 1 amide bonds. The first-order chi connectivity index (χ1) is 17.4. The van der Waals surface area contributed by atoms with Crippen molar-refractivity contribution < 1.29 is 28.5 Å². The number of benzene rings is 1. The van der Waals surface area contributed by atoms with Crippen molar-refractivity contribution in [2.75, 3.05) is 20.3 Å².